The van der Waals surface area contributed by atoms with E-state index in [1.54, 1.807) is 0 Å². The van der Waals surface area contributed by atoms with Gasteiger partial charge in [-0.1, -0.05) is 31.2 Å². The van der Waals surface area contributed by atoms with Crippen molar-refractivity contribution in [3.05, 3.63) is 42.1 Å². The quantitative estimate of drug-likeness (QED) is 0.868. The van der Waals surface area contributed by atoms with Gasteiger partial charge in [-0.15, -0.1) is 0 Å². The molecule has 1 fully saturated rings. The predicted molar refractivity (Wildman–Crippen MR) is 70.9 cm³/mol. The van der Waals surface area contributed by atoms with Crippen LogP contribution in [-0.2, 0) is 0 Å². The summed E-state index contributed by atoms with van der Waals surface area (Å²) in [6, 6.07) is 11.0. The fraction of sp³-hybridized carbons (Fsp3) is 0.400. The summed E-state index contributed by atoms with van der Waals surface area (Å²) in [5, 5.41) is 4.70. The summed E-state index contributed by atoms with van der Waals surface area (Å²) in [7, 11) is 2.05. The monoisotopic (exact) mass is 226 g/mol. The van der Waals surface area contributed by atoms with Gasteiger partial charge < -0.3 is 5.32 Å². The van der Waals surface area contributed by atoms with E-state index >= 15 is 0 Å². The Hall–Kier alpha value is -1.41. The highest BCUT2D eigenvalue weighted by molar-refractivity contribution is 5.82. The number of nitrogens with zero attached hydrogens (tertiary/aromatic N) is 1. The highest BCUT2D eigenvalue weighted by atomic mass is 14.9. The lowest BCUT2D eigenvalue weighted by molar-refractivity contribution is 0.392. The zero-order valence-electron chi connectivity index (χ0n) is 10.4. The molecule has 1 saturated carbocycles. The first-order valence-corrected chi connectivity index (χ1v) is 6.25. The van der Waals surface area contributed by atoms with Crippen LogP contribution in [0.2, 0.25) is 0 Å². The molecule has 1 aliphatic rings. The molecule has 0 spiro atoms. The maximum Gasteiger partial charge on any atom is 0.0749 e. The second-order valence-electron chi connectivity index (χ2n) is 5.30. The van der Waals surface area contributed by atoms with E-state index in [4.69, 9.17) is 0 Å². The third-order valence-corrected chi connectivity index (χ3v) is 4.00. The van der Waals surface area contributed by atoms with E-state index in [0.717, 1.165) is 5.52 Å². The van der Waals surface area contributed by atoms with Gasteiger partial charge in [0.2, 0.25) is 0 Å². The van der Waals surface area contributed by atoms with Crippen molar-refractivity contribution in [1.29, 1.82) is 0 Å². The Balaban J connectivity index is 2.16. The molecular weight excluding hydrogens is 208 g/mol. The van der Waals surface area contributed by atoms with E-state index in [1.807, 2.05) is 12.3 Å². The van der Waals surface area contributed by atoms with Gasteiger partial charge in [0, 0.05) is 17.6 Å². The molecule has 0 bridgehead atoms. The number of aromatic nitrogens is 1. The van der Waals surface area contributed by atoms with Gasteiger partial charge in [0.1, 0.15) is 0 Å². The van der Waals surface area contributed by atoms with Gasteiger partial charge in [0.25, 0.3) is 0 Å². The Morgan fingerprint density at radius 3 is 2.71 bits per heavy atom. The first-order valence-electron chi connectivity index (χ1n) is 6.25. The summed E-state index contributed by atoms with van der Waals surface area (Å²) in [5.41, 5.74) is 2.90. The Labute approximate surface area is 102 Å². The van der Waals surface area contributed by atoms with E-state index in [-0.39, 0.29) is 0 Å². The topological polar surface area (TPSA) is 24.9 Å². The molecule has 17 heavy (non-hydrogen) atoms. The summed E-state index contributed by atoms with van der Waals surface area (Å²) in [4.78, 5) is 4.55. The molecule has 1 unspecified atom stereocenters. The van der Waals surface area contributed by atoms with E-state index in [2.05, 4.69) is 48.5 Å². The lowest BCUT2D eigenvalue weighted by Crippen LogP contribution is -2.24. The lowest BCUT2D eigenvalue weighted by Gasteiger charge is -2.24. The van der Waals surface area contributed by atoms with Gasteiger partial charge in [0.15, 0.2) is 0 Å². The van der Waals surface area contributed by atoms with Gasteiger partial charge in [-0.25, -0.2) is 0 Å². The molecule has 2 aromatic rings. The Morgan fingerprint density at radius 1 is 1.24 bits per heavy atom. The van der Waals surface area contributed by atoms with Gasteiger partial charge in [-0.3, -0.25) is 4.98 Å². The van der Waals surface area contributed by atoms with E-state index < -0.39 is 0 Å². The molecule has 1 aliphatic carbocycles. The maximum atomic E-state index is 4.55. The number of pyridine rings is 1. The standard InChI is InChI=1S/C15H18N2/c1-15(8-9-15)14(16-2)12-7-3-5-11-6-4-10-17-13(11)12/h3-7,10,14,16H,8-9H2,1-2H3. The van der Waals surface area contributed by atoms with Crippen LogP contribution < -0.4 is 5.32 Å². The van der Waals surface area contributed by atoms with Gasteiger partial charge in [0.05, 0.1) is 5.52 Å². The second-order valence-corrected chi connectivity index (χ2v) is 5.30. The Kier molecular flexibility index (Phi) is 2.40. The Morgan fingerprint density at radius 2 is 2.00 bits per heavy atom. The lowest BCUT2D eigenvalue weighted by atomic mass is 9.90. The molecule has 1 N–H and O–H groups in total. The number of nitrogens with one attached hydrogen (secondary N) is 1. The summed E-state index contributed by atoms with van der Waals surface area (Å²) in [5.74, 6) is 0. The average Bonchev–Trinajstić information content (AvgIpc) is 3.09. The van der Waals surface area contributed by atoms with E-state index in [1.165, 1.54) is 23.8 Å². The number of fused-ring (bicyclic) bond motifs is 1. The molecule has 0 saturated heterocycles. The van der Waals surface area contributed by atoms with Crippen LogP contribution in [0.5, 0.6) is 0 Å². The normalized spacial score (nSPS) is 19.2. The third-order valence-electron chi connectivity index (χ3n) is 4.00. The second kappa shape index (κ2) is 3.81. The zero-order valence-corrected chi connectivity index (χ0v) is 10.4. The molecule has 3 rings (SSSR count). The Bertz CT molecular complexity index is 538. The van der Waals surface area contributed by atoms with Crippen molar-refractivity contribution in [3.8, 4) is 0 Å². The molecule has 1 heterocycles. The van der Waals surface area contributed by atoms with Crippen molar-refractivity contribution in [2.45, 2.75) is 25.8 Å². The van der Waals surface area contributed by atoms with Crippen LogP contribution in [0.15, 0.2) is 36.5 Å². The molecule has 1 aromatic heterocycles. The average molecular weight is 226 g/mol. The third kappa shape index (κ3) is 1.73. The number of hydrogen-bond acceptors (Lipinski definition) is 2. The van der Waals surface area contributed by atoms with Crippen molar-refractivity contribution in [3.63, 3.8) is 0 Å². The van der Waals surface area contributed by atoms with Crippen molar-refractivity contribution in [2.75, 3.05) is 7.05 Å². The first-order chi connectivity index (χ1) is 8.24. The highest BCUT2D eigenvalue weighted by Crippen LogP contribution is 2.54. The summed E-state index contributed by atoms with van der Waals surface area (Å²) < 4.78 is 0. The van der Waals surface area contributed by atoms with Gasteiger partial charge in [-0.05, 0) is 36.9 Å². The molecule has 0 amide bonds. The van der Waals surface area contributed by atoms with Crippen LogP contribution in [-0.4, -0.2) is 12.0 Å². The van der Waals surface area contributed by atoms with E-state index in [9.17, 15) is 0 Å². The molecule has 0 aliphatic heterocycles. The number of rotatable bonds is 3. The van der Waals surface area contributed by atoms with Gasteiger partial charge >= 0.3 is 0 Å². The van der Waals surface area contributed by atoms with E-state index in [0.29, 0.717) is 11.5 Å². The summed E-state index contributed by atoms with van der Waals surface area (Å²) in [6.07, 6.45) is 4.50. The molecular formula is C15H18N2. The minimum Gasteiger partial charge on any atom is -0.312 e. The summed E-state index contributed by atoms with van der Waals surface area (Å²) in [6.45, 7) is 2.36. The van der Waals surface area contributed by atoms with Crippen LogP contribution in [0.4, 0.5) is 0 Å². The minimum absolute atomic E-state index is 0.417. The van der Waals surface area contributed by atoms with Crippen molar-refractivity contribution in [2.24, 2.45) is 5.41 Å². The van der Waals surface area contributed by atoms with Crippen LogP contribution in [0.3, 0.4) is 0 Å². The molecule has 0 radical (unpaired) electrons. The van der Waals surface area contributed by atoms with Crippen molar-refractivity contribution in [1.82, 2.24) is 10.3 Å². The smallest absolute Gasteiger partial charge is 0.0749 e. The molecule has 1 aromatic carbocycles. The van der Waals surface area contributed by atoms with Crippen LogP contribution in [0.25, 0.3) is 10.9 Å². The molecule has 2 heteroatoms. The van der Waals surface area contributed by atoms with Crippen molar-refractivity contribution >= 4 is 10.9 Å². The number of para-hydroxylation sites is 1. The fourth-order valence-electron chi connectivity index (χ4n) is 2.73. The minimum atomic E-state index is 0.417. The SMILES string of the molecule is CNC(c1cccc2cccnc12)C1(C)CC1. The number of benzene rings is 1. The van der Waals surface area contributed by atoms with Crippen LogP contribution in [0.1, 0.15) is 31.4 Å². The van der Waals surface area contributed by atoms with Crippen molar-refractivity contribution < 1.29 is 0 Å². The van der Waals surface area contributed by atoms with Gasteiger partial charge in [-0.2, -0.15) is 0 Å². The zero-order chi connectivity index (χ0) is 11.9. The highest BCUT2D eigenvalue weighted by Gasteiger charge is 2.45. The first kappa shape index (κ1) is 10.7. The van der Waals surface area contributed by atoms with Crippen LogP contribution in [0, 0.1) is 5.41 Å². The predicted octanol–water partition coefficient (Wildman–Crippen LogP) is 3.30. The maximum absolute atomic E-state index is 4.55. The largest absolute Gasteiger partial charge is 0.312 e. The molecule has 2 nitrogen and oxygen atoms in total. The summed E-state index contributed by atoms with van der Waals surface area (Å²) >= 11 is 0. The molecule has 88 valence electrons. The number of hydrogen-bond donors (Lipinski definition) is 1. The molecule has 1 atom stereocenters. The fourth-order valence-corrected chi connectivity index (χ4v) is 2.73. The van der Waals surface area contributed by atoms with Crippen LogP contribution >= 0.6 is 0 Å².